The molecular formula is C28H28N2O8S. The fourth-order valence-electron chi connectivity index (χ4n) is 3.61. The molecule has 1 fully saturated rings. The van der Waals surface area contributed by atoms with Crippen LogP contribution in [0.5, 0.6) is 17.2 Å². The number of carboxylic acids is 1. The summed E-state index contributed by atoms with van der Waals surface area (Å²) in [4.78, 5) is 31.1. The van der Waals surface area contributed by atoms with Crippen molar-refractivity contribution in [1.29, 1.82) is 0 Å². The van der Waals surface area contributed by atoms with E-state index in [-0.39, 0.29) is 18.3 Å². The molecule has 204 valence electrons. The lowest BCUT2D eigenvalue weighted by atomic mass is 10.2. The second-order valence-electron chi connectivity index (χ2n) is 8.15. The number of benzene rings is 2. The first-order chi connectivity index (χ1) is 18.9. The summed E-state index contributed by atoms with van der Waals surface area (Å²) in [5.41, 5.74) is 1.44. The first-order valence-corrected chi connectivity index (χ1v) is 12.9. The van der Waals surface area contributed by atoms with Crippen molar-refractivity contribution in [3.05, 3.63) is 76.6 Å². The molecule has 1 aliphatic rings. The smallest absolute Gasteiger partial charge is 0.371 e. The van der Waals surface area contributed by atoms with Gasteiger partial charge in [0.1, 0.15) is 18.1 Å². The Morgan fingerprint density at radius 2 is 1.87 bits per heavy atom. The van der Waals surface area contributed by atoms with Crippen molar-refractivity contribution in [3.8, 4) is 17.2 Å². The van der Waals surface area contributed by atoms with E-state index in [4.69, 9.17) is 28.5 Å². The van der Waals surface area contributed by atoms with Crippen molar-refractivity contribution in [1.82, 2.24) is 4.90 Å². The molecule has 1 saturated heterocycles. The van der Waals surface area contributed by atoms with E-state index in [1.807, 2.05) is 37.3 Å². The minimum atomic E-state index is -1.15. The Labute approximate surface area is 229 Å². The molecule has 0 radical (unpaired) electrons. The van der Waals surface area contributed by atoms with Crippen LogP contribution in [0.4, 0.5) is 5.69 Å². The normalized spacial score (nSPS) is 15.3. The number of ether oxygens (including phenoxy) is 4. The van der Waals surface area contributed by atoms with E-state index in [0.717, 1.165) is 11.3 Å². The Morgan fingerprint density at radius 1 is 1.08 bits per heavy atom. The molecule has 1 amide bonds. The highest BCUT2D eigenvalue weighted by Crippen LogP contribution is 2.36. The number of furan rings is 1. The molecule has 1 N–H and O–H groups in total. The average molecular weight is 553 g/mol. The zero-order chi connectivity index (χ0) is 27.8. The number of carbonyl (C=O) groups excluding carboxylic acids is 1. The number of thioether (sulfide) groups is 1. The maximum atomic E-state index is 13.3. The van der Waals surface area contributed by atoms with Gasteiger partial charge in [-0.1, -0.05) is 6.07 Å². The van der Waals surface area contributed by atoms with Crippen molar-refractivity contribution in [2.45, 2.75) is 13.5 Å². The minimum Gasteiger partial charge on any atom is -0.497 e. The van der Waals surface area contributed by atoms with Crippen LogP contribution in [0.3, 0.4) is 0 Å². The first kappa shape index (κ1) is 27.8. The van der Waals surface area contributed by atoms with E-state index in [9.17, 15) is 9.59 Å². The zero-order valence-electron chi connectivity index (χ0n) is 21.7. The fraction of sp³-hybridized carbons (Fsp3) is 0.250. The summed E-state index contributed by atoms with van der Waals surface area (Å²) in [6.45, 7) is 3.01. The highest BCUT2D eigenvalue weighted by atomic mass is 32.2. The van der Waals surface area contributed by atoms with Crippen molar-refractivity contribution in [2.24, 2.45) is 4.99 Å². The number of amidine groups is 1. The molecular weight excluding hydrogens is 524 g/mol. The van der Waals surface area contributed by atoms with Gasteiger partial charge in [-0.15, -0.1) is 0 Å². The molecule has 0 unspecified atom stereocenters. The van der Waals surface area contributed by atoms with Crippen molar-refractivity contribution >= 4 is 40.6 Å². The number of hydrogen-bond acceptors (Lipinski definition) is 9. The van der Waals surface area contributed by atoms with Crippen LogP contribution in [0, 0.1) is 0 Å². The Balaban J connectivity index is 1.56. The van der Waals surface area contributed by atoms with Gasteiger partial charge in [0.15, 0.2) is 16.7 Å². The largest absolute Gasteiger partial charge is 0.497 e. The number of hydrogen-bond donors (Lipinski definition) is 1. The quantitative estimate of drug-likeness (QED) is 0.302. The van der Waals surface area contributed by atoms with Crippen molar-refractivity contribution < 1.29 is 38.1 Å². The summed E-state index contributed by atoms with van der Waals surface area (Å²) in [7, 11) is 3.18. The molecule has 11 heteroatoms. The summed E-state index contributed by atoms with van der Waals surface area (Å²) in [5.74, 6) is 0.553. The number of rotatable bonds is 12. The van der Waals surface area contributed by atoms with Crippen LogP contribution in [-0.2, 0) is 16.1 Å². The third-order valence-corrected chi connectivity index (χ3v) is 6.52. The zero-order valence-corrected chi connectivity index (χ0v) is 22.5. The number of carbonyl (C=O) groups is 2. The standard InChI is InChI=1S/C28H28N2O8S/c1-4-36-24-15-18(5-11-22(24)37-17-21-10-12-23(38-21)27(32)33)16-25-26(31)30(13-14-34-2)28(39-25)29-19-6-8-20(35-3)9-7-19/h5-12,15-16H,4,13-14,17H2,1-3H3,(H,32,33). The lowest BCUT2D eigenvalue weighted by Gasteiger charge is -2.14. The Morgan fingerprint density at radius 3 is 2.54 bits per heavy atom. The van der Waals surface area contributed by atoms with Crippen LogP contribution in [0.15, 0.2) is 68.9 Å². The number of amides is 1. The topological polar surface area (TPSA) is 120 Å². The molecule has 4 rings (SSSR count). The SMILES string of the molecule is CCOc1cc(C=C2SC(=Nc3ccc(OC)cc3)N(CCOC)C2=O)ccc1OCc1ccc(C(=O)O)o1. The molecule has 10 nitrogen and oxygen atoms in total. The Bertz CT molecular complexity index is 1380. The molecule has 0 atom stereocenters. The Hall–Kier alpha value is -4.22. The summed E-state index contributed by atoms with van der Waals surface area (Å²) < 4.78 is 27.2. The number of aromatic carboxylic acids is 1. The van der Waals surface area contributed by atoms with Crippen LogP contribution in [0.25, 0.3) is 6.08 Å². The highest BCUT2D eigenvalue weighted by molar-refractivity contribution is 8.18. The molecule has 1 aromatic heterocycles. The molecule has 0 bridgehead atoms. The molecule has 2 heterocycles. The molecule has 0 aliphatic carbocycles. The third kappa shape index (κ3) is 7.01. The molecule has 0 saturated carbocycles. The maximum Gasteiger partial charge on any atom is 0.371 e. The number of carboxylic acid groups (broad SMARTS) is 1. The lowest BCUT2D eigenvalue weighted by molar-refractivity contribution is -0.122. The van der Waals surface area contributed by atoms with Gasteiger partial charge in [-0.25, -0.2) is 9.79 Å². The van der Waals surface area contributed by atoms with E-state index < -0.39 is 5.97 Å². The van der Waals surface area contributed by atoms with Crippen LogP contribution < -0.4 is 14.2 Å². The first-order valence-electron chi connectivity index (χ1n) is 12.1. The van der Waals surface area contributed by atoms with Gasteiger partial charge in [0.05, 0.1) is 37.5 Å². The number of aliphatic imine (C=N–C) groups is 1. The summed E-state index contributed by atoms with van der Waals surface area (Å²) in [5, 5.41) is 9.58. The predicted octanol–water partition coefficient (Wildman–Crippen LogP) is 5.21. The maximum absolute atomic E-state index is 13.3. The van der Waals surface area contributed by atoms with Crippen LogP contribution in [-0.4, -0.2) is 61.0 Å². The highest BCUT2D eigenvalue weighted by Gasteiger charge is 2.33. The molecule has 2 aromatic carbocycles. The van der Waals surface area contributed by atoms with Gasteiger partial charge in [-0.2, -0.15) is 0 Å². The van der Waals surface area contributed by atoms with Gasteiger partial charge in [0, 0.05) is 7.11 Å². The van der Waals surface area contributed by atoms with Crippen LogP contribution >= 0.6 is 11.8 Å². The van der Waals surface area contributed by atoms with Gasteiger partial charge >= 0.3 is 5.97 Å². The molecule has 39 heavy (non-hydrogen) atoms. The fourth-order valence-corrected chi connectivity index (χ4v) is 4.64. The molecule has 3 aromatic rings. The number of nitrogens with zero attached hydrogens (tertiary/aromatic N) is 2. The van der Waals surface area contributed by atoms with E-state index in [1.54, 1.807) is 43.4 Å². The second-order valence-corrected chi connectivity index (χ2v) is 9.16. The van der Waals surface area contributed by atoms with Gasteiger partial charge in [0.25, 0.3) is 5.91 Å². The predicted molar refractivity (Wildman–Crippen MR) is 147 cm³/mol. The lowest BCUT2D eigenvalue weighted by Crippen LogP contribution is -2.32. The van der Waals surface area contributed by atoms with E-state index in [1.165, 1.54) is 17.8 Å². The van der Waals surface area contributed by atoms with Gasteiger partial charge in [0.2, 0.25) is 5.76 Å². The summed E-state index contributed by atoms with van der Waals surface area (Å²) in [6.07, 6.45) is 1.78. The molecule has 1 aliphatic heterocycles. The number of methoxy groups -OCH3 is 2. The second kappa shape index (κ2) is 13.0. The summed E-state index contributed by atoms with van der Waals surface area (Å²) >= 11 is 1.28. The van der Waals surface area contributed by atoms with E-state index in [0.29, 0.717) is 52.8 Å². The Kier molecular flexibility index (Phi) is 9.29. The average Bonchev–Trinajstić information content (AvgIpc) is 3.52. The van der Waals surface area contributed by atoms with Gasteiger partial charge in [-0.05, 0) is 78.9 Å². The minimum absolute atomic E-state index is 0.0295. The summed E-state index contributed by atoms with van der Waals surface area (Å²) in [6, 6.07) is 15.5. The van der Waals surface area contributed by atoms with E-state index >= 15 is 0 Å². The van der Waals surface area contributed by atoms with Crippen LogP contribution in [0.2, 0.25) is 0 Å². The molecule has 0 spiro atoms. The van der Waals surface area contributed by atoms with Crippen LogP contribution in [0.1, 0.15) is 28.8 Å². The van der Waals surface area contributed by atoms with Gasteiger partial charge < -0.3 is 28.5 Å². The monoisotopic (exact) mass is 552 g/mol. The van der Waals surface area contributed by atoms with Crippen molar-refractivity contribution in [2.75, 3.05) is 34.0 Å². The van der Waals surface area contributed by atoms with Gasteiger partial charge in [-0.3, -0.25) is 9.69 Å². The van der Waals surface area contributed by atoms with Crippen molar-refractivity contribution in [3.63, 3.8) is 0 Å². The third-order valence-electron chi connectivity index (χ3n) is 5.51. The van der Waals surface area contributed by atoms with E-state index in [2.05, 4.69) is 4.99 Å².